The van der Waals surface area contributed by atoms with Crippen molar-refractivity contribution >= 4 is 17.3 Å². The van der Waals surface area contributed by atoms with E-state index in [-0.39, 0.29) is 17.1 Å². The fourth-order valence-corrected chi connectivity index (χ4v) is 1.28. The predicted molar refractivity (Wildman–Crippen MR) is 57.8 cm³/mol. The van der Waals surface area contributed by atoms with E-state index in [0.29, 0.717) is 0 Å². The number of halogens is 2. The van der Waals surface area contributed by atoms with E-state index in [4.69, 9.17) is 5.73 Å². The van der Waals surface area contributed by atoms with Crippen molar-refractivity contribution in [1.82, 2.24) is 10.3 Å². The van der Waals surface area contributed by atoms with E-state index >= 15 is 0 Å². The molecule has 0 spiro atoms. The second-order valence-electron chi connectivity index (χ2n) is 3.47. The minimum absolute atomic E-state index is 0.0858. The lowest BCUT2D eigenvalue weighted by molar-refractivity contribution is 0.101. The Kier molecular flexibility index (Phi) is 2.92. The van der Waals surface area contributed by atoms with Gasteiger partial charge in [0, 0.05) is 0 Å². The minimum Gasteiger partial charge on any atom is -0.394 e. The van der Waals surface area contributed by atoms with Crippen LogP contribution in [0.3, 0.4) is 0 Å². The van der Waals surface area contributed by atoms with Crippen LogP contribution in [0, 0.1) is 18.6 Å². The van der Waals surface area contributed by atoms with Gasteiger partial charge in [-0.1, -0.05) is 5.16 Å². The van der Waals surface area contributed by atoms with Crippen LogP contribution in [0.4, 0.5) is 20.2 Å². The van der Waals surface area contributed by atoms with E-state index in [0.717, 1.165) is 12.1 Å². The van der Waals surface area contributed by atoms with E-state index in [1.165, 1.54) is 6.92 Å². The van der Waals surface area contributed by atoms with Crippen molar-refractivity contribution in [2.75, 3.05) is 11.1 Å². The summed E-state index contributed by atoms with van der Waals surface area (Å²) in [5, 5.41) is 8.96. The predicted octanol–water partition coefficient (Wildman–Crippen LogP) is 1.49. The third-order valence-corrected chi connectivity index (χ3v) is 2.24. The van der Waals surface area contributed by atoms with E-state index in [9.17, 15) is 13.6 Å². The van der Waals surface area contributed by atoms with Gasteiger partial charge in [0.05, 0.1) is 5.69 Å². The van der Waals surface area contributed by atoms with Crippen LogP contribution < -0.4 is 11.1 Å². The molecule has 18 heavy (non-hydrogen) atoms. The van der Waals surface area contributed by atoms with Gasteiger partial charge in [-0.05, 0) is 24.2 Å². The number of carbonyl (C=O) groups is 1. The summed E-state index contributed by atoms with van der Waals surface area (Å²) in [6, 6.07) is 2.00. The standard InChI is InChI=1S/C10H8F2N4O2/c1-4-9(16-18-15-4)10(17)14-6-3-2-5(11)8(13)7(6)12/h2-3H,13H2,1H3,(H,14,17). The first-order valence-corrected chi connectivity index (χ1v) is 4.84. The molecule has 3 N–H and O–H groups in total. The Morgan fingerprint density at radius 1 is 1.39 bits per heavy atom. The summed E-state index contributed by atoms with van der Waals surface area (Å²) in [6.07, 6.45) is 0. The number of aryl methyl sites for hydroxylation is 1. The summed E-state index contributed by atoms with van der Waals surface area (Å²) in [6.45, 7) is 1.50. The van der Waals surface area contributed by atoms with Crippen LogP contribution in [0.2, 0.25) is 0 Å². The highest BCUT2D eigenvalue weighted by atomic mass is 19.1. The molecule has 1 heterocycles. The molecule has 1 amide bonds. The number of amides is 1. The van der Waals surface area contributed by atoms with Crippen molar-refractivity contribution in [2.24, 2.45) is 0 Å². The molecule has 1 aromatic carbocycles. The fourth-order valence-electron chi connectivity index (χ4n) is 1.28. The molecule has 0 aliphatic heterocycles. The van der Waals surface area contributed by atoms with Crippen LogP contribution in [0.25, 0.3) is 0 Å². The molecule has 2 rings (SSSR count). The van der Waals surface area contributed by atoms with Gasteiger partial charge in [0.2, 0.25) is 0 Å². The first kappa shape index (κ1) is 12.0. The van der Waals surface area contributed by atoms with Gasteiger partial charge in [-0.15, -0.1) is 0 Å². The van der Waals surface area contributed by atoms with Crippen LogP contribution in [-0.4, -0.2) is 16.2 Å². The molecule has 2 aromatic rings. The third kappa shape index (κ3) is 1.99. The Morgan fingerprint density at radius 3 is 2.72 bits per heavy atom. The van der Waals surface area contributed by atoms with Crippen molar-refractivity contribution in [3.8, 4) is 0 Å². The highest BCUT2D eigenvalue weighted by molar-refractivity contribution is 6.03. The summed E-state index contributed by atoms with van der Waals surface area (Å²) in [5.41, 5.74) is 4.41. The average molecular weight is 254 g/mol. The molecule has 0 unspecified atom stereocenters. The van der Waals surface area contributed by atoms with Crippen molar-refractivity contribution in [2.45, 2.75) is 6.92 Å². The van der Waals surface area contributed by atoms with E-state index < -0.39 is 23.2 Å². The first-order chi connectivity index (χ1) is 8.50. The fraction of sp³-hybridized carbons (Fsp3) is 0.100. The lowest BCUT2D eigenvalue weighted by Gasteiger charge is -2.06. The Hall–Kier alpha value is -2.51. The Bertz CT molecular complexity index is 612. The Morgan fingerprint density at radius 2 is 2.11 bits per heavy atom. The van der Waals surface area contributed by atoms with Crippen LogP contribution in [0.15, 0.2) is 16.8 Å². The van der Waals surface area contributed by atoms with Gasteiger partial charge in [-0.2, -0.15) is 0 Å². The quantitative estimate of drug-likeness (QED) is 0.792. The maximum atomic E-state index is 13.5. The van der Waals surface area contributed by atoms with Gasteiger partial charge in [-0.3, -0.25) is 4.79 Å². The van der Waals surface area contributed by atoms with Crippen LogP contribution in [0.1, 0.15) is 16.2 Å². The molecule has 94 valence electrons. The number of anilines is 2. The van der Waals surface area contributed by atoms with E-state index in [1.54, 1.807) is 0 Å². The van der Waals surface area contributed by atoms with Gasteiger partial charge in [0.25, 0.3) is 5.91 Å². The second-order valence-corrected chi connectivity index (χ2v) is 3.47. The van der Waals surface area contributed by atoms with Crippen LogP contribution in [-0.2, 0) is 0 Å². The Labute approximate surface area is 99.7 Å². The van der Waals surface area contributed by atoms with E-state index in [1.807, 2.05) is 0 Å². The molecule has 6 nitrogen and oxygen atoms in total. The lowest BCUT2D eigenvalue weighted by Crippen LogP contribution is -2.15. The maximum Gasteiger partial charge on any atom is 0.279 e. The minimum atomic E-state index is -1.04. The number of carbonyl (C=O) groups excluding carboxylic acids is 1. The SMILES string of the molecule is Cc1nonc1C(=O)Nc1ccc(F)c(N)c1F. The largest absolute Gasteiger partial charge is 0.394 e. The summed E-state index contributed by atoms with van der Waals surface area (Å²) in [5.74, 6) is -2.67. The number of nitrogens with one attached hydrogen (secondary N) is 1. The number of rotatable bonds is 2. The highest BCUT2D eigenvalue weighted by Crippen LogP contribution is 2.23. The van der Waals surface area contributed by atoms with Gasteiger partial charge in [-0.25, -0.2) is 13.4 Å². The number of aromatic nitrogens is 2. The lowest BCUT2D eigenvalue weighted by atomic mass is 10.2. The van der Waals surface area contributed by atoms with E-state index in [2.05, 4.69) is 20.3 Å². The molecule has 0 aliphatic rings. The van der Waals surface area contributed by atoms with Crippen molar-refractivity contribution in [1.29, 1.82) is 0 Å². The molecular formula is C10H8F2N4O2. The smallest absolute Gasteiger partial charge is 0.279 e. The summed E-state index contributed by atoms with van der Waals surface area (Å²) in [7, 11) is 0. The zero-order valence-electron chi connectivity index (χ0n) is 9.20. The molecule has 0 saturated carbocycles. The molecule has 8 heteroatoms. The zero-order valence-corrected chi connectivity index (χ0v) is 9.20. The normalized spacial score (nSPS) is 10.4. The average Bonchev–Trinajstić information content (AvgIpc) is 2.76. The zero-order chi connectivity index (χ0) is 13.3. The van der Waals surface area contributed by atoms with Gasteiger partial charge >= 0.3 is 0 Å². The van der Waals surface area contributed by atoms with Crippen molar-refractivity contribution in [3.05, 3.63) is 35.2 Å². The number of hydrogen-bond acceptors (Lipinski definition) is 5. The maximum absolute atomic E-state index is 13.5. The summed E-state index contributed by atoms with van der Waals surface area (Å²) < 4.78 is 30.8. The molecule has 1 aromatic heterocycles. The summed E-state index contributed by atoms with van der Waals surface area (Å²) >= 11 is 0. The van der Waals surface area contributed by atoms with Gasteiger partial charge in [0.1, 0.15) is 17.2 Å². The molecule has 0 radical (unpaired) electrons. The Balaban J connectivity index is 2.28. The molecular weight excluding hydrogens is 246 g/mol. The number of nitrogens with zero attached hydrogens (tertiary/aromatic N) is 2. The molecule has 0 bridgehead atoms. The first-order valence-electron chi connectivity index (χ1n) is 4.84. The molecule has 0 atom stereocenters. The van der Waals surface area contributed by atoms with Crippen molar-refractivity contribution in [3.63, 3.8) is 0 Å². The van der Waals surface area contributed by atoms with Gasteiger partial charge in [0.15, 0.2) is 11.5 Å². The monoisotopic (exact) mass is 254 g/mol. The number of nitrogen functional groups attached to an aromatic ring is 1. The van der Waals surface area contributed by atoms with Crippen molar-refractivity contribution < 1.29 is 18.2 Å². The number of nitrogens with two attached hydrogens (primary N) is 1. The topological polar surface area (TPSA) is 94.0 Å². The molecule has 0 aliphatic carbocycles. The number of benzene rings is 1. The second kappa shape index (κ2) is 4.40. The highest BCUT2D eigenvalue weighted by Gasteiger charge is 2.18. The number of hydrogen-bond donors (Lipinski definition) is 2. The molecule has 0 fully saturated rings. The molecule has 0 saturated heterocycles. The van der Waals surface area contributed by atoms with Crippen LogP contribution in [0.5, 0.6) is 0 Å². The third-order valence-electron chi connectivity index (χ3n) is 2.24. The van der Waals surface area contributed by atoms with Crippen LogP contribution >= 0.6 is 0 Å². The summed E-state index contributed by atoms with van der Waals surface area (Å²) in [4.78, 5) is 11.7. The van der Waals surface area contributed by atoms with Gasteiger partial charge < -0.3 is 11.1 Å².